The van der Waals surface area contributed by atoms with Gasteiger partial charge in [-0.15, -0.1) is 0 Å². The number of aliphatic hydroxyl groups excluding tert-OH is 1. The van der Waals surface area contributed by atoms with Gasteiger partial charge in [0, 0.05) is 38.3 Å². The molecular weight excluding hydrogens is 268 g/mol. The van der Waals surface area contributed by atoms with E-state index in [0.717, 1.165) is 51.2 Å². The Hall–Kier alpha value is -0.810. The second-order valence-corrected chi connectivity index (χ2v) is 6.46. The molecule has 0 aromatic heterocycles. The van der Waals surface area contributed by atoms with E-state index in [9.17, 15) is 9.90 Å². The maximum Gasteiger partial charge on any atom is 0.315 e. The lowest BCUT2D eigenvalue weighted by atomic mass is 9.96. The maximum absolute atomic E-state index is 11.9. The van der Waals surface area contributed by atoms with Crippen molar-refractivity contribution in [3.63, 3.8) is 0 Å². The quantitative estimate of drug-likeness (QED) is 0.474. The van der Waals surface area contributed by atoms with Crippen LogP contribution in [0.2, 0.25) is 0 Å². The number of rotatable bonds is 8. The van der Waals surface area contributed by atoms with E-state index in [1.165, 1.54) is 19.3 Å². The van der Waals surface area contributed by atoms with E-state index in [0.29, 0.717) is 6.54 Å². The third-order valence-corrected chi connectivity index (χ3v) is 4.51. The lowest BCUT2D eigenvalue weighted by molar-refractivity contribution is 0.122. The molecule has 0 aliphatic heterocycles. The fourth-order valence-electron chi connectivity index (χ4n) is 2.92. The van der Waals surface area contributed by atoms with E-state index in [1.807, 2.05) is 0 Å². The first-order chi connectivity index (χ1) is 10.3. The fraction of sp³-hybridized carbons (Fsp3) is 0.938. The number of nitrogens with one attached hydrogen (secondary N) is 2. The van der Waals surface area contributed by atoms with Crippen molar-refractivity contribution in [2.75, 3.05) is 26.4 Å². The molecule has 0 aromatic carbocycles. The molecule has 2 rings (SSSR count). The number of hydrogen-bond donors (Lipinski definition) is 3. The molecule has 2 atom stereocenters. The van der Waals surface area contributed by atoms with Gasteiger partial charge in [-0.1, -0.05) is 19.3 Å². The SMILES string of the molecule is O=C(NCCCOCC1CC1)N[C@H]1CCCCC[C@H]1CO. The standard InChI is InChI=1S/C16H30N2O3/c19-11-14-5-2-1-3-6-15(14)18-16(20)17-9-4-10-21-12-13-7-8-13/h13-15,19H,1-12H2,(H2,17,18,20)/t14-,15-/m0/s1. The van der Waals surface area contributed by atoms with Crippen molar-refractivity contribution in [1.82, 2.24) is 10.6 Å². The number of amides is 2. The lowest BCUT2D eigenvalue weighted by Crippen LogP contribution is -2.46. The molecule has 2 fully saturated rings. The molecule has 0 radical (unpaired) electrons. The summed E-state index contributed by atoms with van der Waals surface area (Å²) in [6.07, 6.45) is 8.96. The topological polar surface area (TPSA) is 70.6 Å². The largest absolute Gasteiger partial charge is 0.396 e. The van der Waals surface area contributed by atoms with E-state index in [4.69, 9.17) is 4.74 Å². The highest BCUT2D eigenvalue weighted by Crippen LogP contribution is 2.28. The summed E-state index contributed by atoms with van der Waals surface area (Å²) in [5.41, 5.74) is 0. The Balaban J connectivity index is 1.54. The van der Waals surface area contributed by atoms with E-state index >= 15 is 0 Å². The summed E-state index contributed by atoms with van der Waals surface area (Å²) in [6.45, 7) is 2.42. The van der Waals surface area contributed by atoms with Gasteiger partial charge >= 0.3 is 6.03 Å². The van der Waals surface area contributed by atoms with Gasteiger partial charge < -0.3 is 20.5 Å². The number of ether oxygens (including phenoxy) is 1. The molecule has 122 valence electrons. The number of hydrogen-bond acceptors (Lipinski definition) is 3. The second-order valence-electron chi connectivity index (χ2n) is 6.46. The van der Waals surface area contributed by atoms with Crippen LogP contribution >= 0.6 is 0 Å². The van der Waals surface area contributed by atoms with Crippen LogP contribution < -0.4 is 10.6 Å². The van der Waals surface area contributed by atoms with Crippen LogP contribution in [0.4, 0.5) is 4.79 Å². The van der Waals surface area contributed by atoms with Gasteiger partial charge in [-0.05, 0) is 38.0 Å². The Labute approximate surface area is 127 Å². The van der Waals surface area contributed by atoms with E-state index < -0.39 is 0 Å². The van der Waals surface area contributed by atoms with Crippen LogP contribution in [-0.2, 0) is 4.74 Å². The molecule has 0 bridgehead atoms. The first-order valence-corrected chi connectivity index (χ1v) is 8.52. The molecule has 2 aliphatic rings. The zero-order chi connectivity index (χ0) is 14.9. The molecule has 0 saturated heterocycles. The summed E-state index contributed by atoms with van der Waals surface area (Å²) < 4.78 is 5.54. The number of urea groups is 1. The predicted octanol–water partition coefficient (Wildman–Crippen LogP) is 2.04. The van der Waals surface area contributed by atoms with Crippen molar-refractivity contribution in [3.8, 4) is 0 Å². The number of aliphatic hydroxyl groups is 1. The van der Waals surface area contributed by atoms with Crippen LogP contribution in [0.3, 0.4) is 0 Å². The summed E-state index contributed by atoms with van der Waals surface area (Å²) in [4.78, 5) is 11.9. The summed E-state index contributed by atoms with van der Waals surface area (Å²) >= 11 is 0. The highest BCUT2D eigenvalue weighted by atomic mass is 16.5. The van der Waals surface area contributed by atoms with Crippen molar-refractivity contribution < 1.29 is 14.6 Å². The molecule has 2 saturated carbocycles. The average molecular weight is 298 g/mol. The molecule has 0 aromatic rings. The van der Waals surface area contributed by atoms with E-state index in [1.54, 1.807) is 0 Å². The Kier molecular flexibility index (Phi) is 7.30. The minimum absolute atomic E-state index is 0.109. The third kappa shape index (κ3) is 6.66. The summed E-state index contributed by atoms with van der Waals surface area (Å²) in [6, 6.07) is 0.00570. The van der Waals surface area contributed by atoms with Crippen LogP contribution in [0.5, 0.6) is 0 Å². The first kappa shape index (κ1) is 16.6. The molecule has 0 spiro atoms. The van der Waals surface area contributed by atoms with Crippen molar-refractivity contribution in [3.05, 3.63) is 0 Å². The Morgan fingerprint density at radius 3 is 2.71 bits per heavy atom. The van der Waals surface area contributed by atoms with Crippen LogP contribution in [0, 0.1) is 11.8 Å². The van der Waals surface area contributed by atoms with Gasteiger partial charge in [0.15, 0.2) is 0 Å². The molecule has 21 heavy (non-hydrogen) atoms. The van der Waals surface area contributed by atoms with Crippen LogP contribution in [0.25, 0.3) is 0 Å². The predicted molar refractivity (Wildman–Crippen MR) is 82.1 cm³/mol. The third-order valence-electron chi connectivity index (χ3n) is 4.51. The van der Waals surface area contributed by atoms with Gasteiger partial charge in [0.25, 0.3) is 0 Å². The molecule has 2 amide bonds. The summed E-state index contributed by atoms with van der Waals surface area (Å²) in [7, 11) is 0. The average Bonchev–Trinajstić information content (AvgIpc) is 3.30. The summed E-state index contributed by atoms with van der Waals surface area (Å²) in [5, 5.41) is 15.3. The molecule has 5 nitrogen and oxygen atoms in total. The van der Waals surface area contributed by atoms with Gasteiger partial charge in [0.1, 0.15) is 0 Å². The highest BCUT2D eigenvalue weighted by Gasteiger charge is 2.24. The van der Waals surface area contributed by atoms with Gasteiger partial charge in [0.2, 0.25) is 0 Å². The zero-order valence-electron chi connectivity index (χ0n) is 13.0. The molecule has 0 unspecified atom stereocenters. The molecule has 0 heterocycles. The molecule has 3 N–H and O–H groups in total. The van der Waals surface area contributed by atoms with Crippen molar-refractivity contribution in [2.24, 2.45) is 11.8 Å². The highest BCUT2D eigenvalue weighted by molar-refractivity contribution is 5.74. The van der Waals surface area contributed by atoms with E-state index in [-0.39, 0.29) is 24.6 Å². The smallest absolute Gasteiger partial charge is 0.315 e. The Morgan fingerprint density at radius 2 is 1.95 bits per heavy atom. The summed E-state index contributed by atoms with van der Waals surface area (Å²) in [5.74, 6) is 1.01. The van der Waals surface area contributed by atoms with Gasteiger partial charge in [-0.3, -0.25) is 0 Å². The number of carbonyl (C=O) groups is 1. The lowest BCUT2D eigenvalue weighted by Gasteiger charge is -2.24. The van der Waals surface area contributed by atoms with Crippen molar-refractivity contribution >= 4 is 6.03 Å². The molecule has 2 aliphatic carbocycles. The maximum atomic E-state index is 11.9. The monoisotopic (exact) mass is 298 g/mol. The van der Waals surface area contributed by atoms with Gasteiger partial charge in [-0.25, -0.2) is 4.79 Å². The molecule has 5 heteroatoms. The second kappa shape index (κ2) is 9.26. The normalized spacial score (nSPS) is 26.1. The Morgan fingerprint density at radius 1 is 1.14 bits per heavy atom. The van der Waals surface area contributed by atoms with Gasteiger partial charge in [0.05, 0.1) is 0 Å². The number of carbonyl (C=O) groups excluding carboxylic acids is 1. The van der Waals surface area contributed by atoms with Gasteiger partial charge in [-0.2, -0.15) is 0 Å². The van der Waals surface area contributed by atoms with Crippen LogP contribution in [0.15, 0.2) is 0 Å². The minimum atomic E-state index is -0.109. The van der Waals surface area contributed by atoms with E-state index in [2.05, 4.69) is 10.6 Å². The van der Waals surface area contributed by atoms with Crippen molar-refractivity contribution in [1.29, 1.82) is 0 Å². The zero-order valence-corrected chi connectivity index (χ0v) is 13.0. The van der Waals surface area contributed by atoms with Crippen LogP contribution in [0.1, 0.15) is 51.4 Å². The Bertz CT molecular complexity index is 308. The fourth-order valence-corrected chi connectivity index (χ4v) is 2.92. The van der Waals surface area contributed by atoms with Crippen LogP contribution in [-0.4, -0.2) is 43.5 Å². The minimum Gasteiger partial charge on any atom is -0.396 e. The van der Waals surface area contributed by atoms with Crippen molar-refractivity contribution in [2.45, 2.75) is 57.4 Å². The first-order valence-electron chi connectivity index (χ1n) is 8.52. The molecular formula is C16H30N2O3.